The first-order chi connectivity index (χ1) is 5.39. The fourth-order valence-electron chi connectivity index (χ4n) is 0.901. The molecule has 0 radical (unpaired) electrons. The molecule has 1 aromatic rings. The number of aromatic nitrogens is 1. The van der Waals surface area contributed by atoms with Crippen LogP contribution in [0, 0.1) is 0 Å². The maximum Gasteiger partial charge on any atom is 0.108 e. The molecule has 0 saturated carbocycles. The van der Waals surface area contributed by atoms with Crippen LogP contribution in [0.2, 0.25) is 0 Å². The summed E-state index contributed by atoms with van der Waals surface area (Å²) >= 11 is 3.31. The van der Waals surface area contributed by atoms with Crippen LogP contribution in [-0.4, -0.2) is 4.98 Å². The third kappa shape index (κ3) is 2.21. The van der Waals surface area contributed by atoms with Crippen LogP contribution >= 0.6 is 15.9 Å². The highest BCUT2D eigenvalue weighted by molar-refractivity contribution is 9.10. The molecular weight excluding hydrogens is 216 g/mol. The Morgan fingerprint density at radius 3 is 2.33 bits per heavy atom. The summed E-state index contributed by atoms with van der Waals surface area (Å²) in [6.45, 7) is 6.34. The first-order valence-electron chi connectivity index (χ1n) is 3.83. The number of hydrogen-bond acceptors (Lipinski definition) is 2. The molecule has 0 aliphatic carbocycles. The van der Waals surface area contributed by atoms with Gasteiger partial charge in [-0.3, -0.25) is 0 Å². The standard InChI is InChI=1S/C9H13BrN2/c1-9(2,3)7-4-6(11)5-8(10)12-7/h4-5H,1-3H3,(H2,11,12). The smallest absolute Gasteiger partial charge is 0.108 e. The predicted molar refractivity (Wildman–Crippen MR) is 55.0 cm³/mol. The second kappa shape index (κ2) is 3.05. The van der Waals surface area contributed by atoms with E-state index in [4.69, 9.17) is 5.73 Å². The topological polar surface area (TPSA) is 38.9 Å². The highest BCUT2D eigenvalue weighted by Gasteiger charge is 2.15. The summed E-state index contributed by atoms with van der Waals surface area (Å²) in [7, 11) is 0. The fraction of sp³-hybridized carbons (Fsp3) is 0.444. The number of nitrogens with two attached hydrogens (primary N) is 1. The van der Waals surface area contributed by atoms with E-state index in [9.17, 15) is 0 Å². The van der Waals surface area contributed by atoms with Crippen LogP contribution < -0.4 is 5.73 Å². The Kier molecular flexibility index (Phi) is 2.42. The summed E-state index contributed by atoms with van der Waals surface area (Å²) in [6, 6.07) is 3.71. The minimum atomic E-state index is 0.0535. The van der Waals surface area contributed by atoms with Crippen LogP contribution in [0.4, 0.5) is 5.69 Å². The third-order valence-corrected chi connectivity index (χ3v) is 1.99. The molecule has 2 nitrogen and oxygen atoms in total. The third-order valence-electron chi connectivity index (χ3n) is 1.58. The van der Waals surface area contributed by atoms with Gasteiger partial charge in [-0.1, -0.05) is 20.8 Å². The van der Waals surface area contributed by atoms with Gasteiger partial charge in [0.25, 0.3) is 0 Å². The maximum atomic E-state index is 5.69. The lowest BCUT2D eigenvalue weighted by molar-refractivity contribution is 0.568. The van der Waals surface area contributed by atoms with Gasteiger partial charge < -0.3 is 5.73 Å². The van der Waals surface area contributed by atoms with Crippen LogP contribution in [0.15, 0.2) is 16.7 Å². The van der Waals surface area contributed by atoms with Gasteiger partial charge in [-0.2, -0.15) is 0 Å². The molecule has 0 saturated heterocycles. The summed E-state index contributed by atoms with van der Waals surface area (Å²) < 4.78 is 0.799. The molecule has 3 heteroatoms. The molecule has 0 spiro atoms. The number of pyridine rings is 1. The molecule has 1 heterocycles. The largest absolute Gasteiger partial charge is 0.399 e. The van der Waals surface area contributed by atoms with Crippen molar-refractivity contribution in [1.29, 1.82) is 0 Å². The van der Waals surface area contributed by atoms with Crippen molar-refractivity contribution in [2.45, 2.75) is 26.2 Å². The second-order valence-electron chi connectivity index (χ2n) is 3.86. The molecule has 12 heavy (non-hydrogen) atoms. The van der Waals surface area contributed by atoms with Gasteiger partial charge in [0.1, 0.15) is 4.60 Å². The zero-order valence-corrected chi connectivity index (χ0v) is 9.14. The number of anilines is 1. The van der Waals surface area contributed by atoms with Crippen LogP contribution in [0.5, 0.6) is 0 Å². The minimum absolute atomic E-state index is 0.0535. The van der Waals surface area contributed by atoms with Gasteiger partial charge in [-0.25, -0.2) is 4.98 Å². The van der Waals surface area contributed by atoms with E-state index in [1.807, 2.05) is 6.07 Å². The summed E-state index contributed by atoms with van der Waals surface area (Å²) in [4.78, 5) is 4.34. The summed E-state index contributed by atoms with van der Waals surface area (Å²) in [6.07, 6.45) is 0. The Morgan fingerprint density at radius 2 is 1.92 bits per heavy atom. The van der Waals surface area contributed by atoms with Crippen LogP contribution in [0.1, 0.15) is 26.5 Å². The first-order valence-corrected chi connectivity index (χ1v) is 4.62. The summed E-state index contributed by atoms with van der Waals surface area (Å²) in [5.41, 5.74) is 7.50. The van der Waals surface area contributed by atoms with E-state index in [0.29, 0.717) is 0 Å². The molecule has 0 aliphatic rings. The van der Waals surface area contributed by atoms with Gasteiger partial charge in [0.15, 0.2) is 0 Å². The van der Waals surface area contributed by atoms with Gasteiger partial charge in [0, 0.05) is 16.8 Å². The van der Waals surface area contributed by atoms with E-state index < -0.39 is 0 Å². The normalized spacial score (nSPS) is 11.7. The number of rotatable bonds is 0. The Labute approximate surface area is 81.3 Å². The maximum absolute atomic E-state index is 5.69. The van der Waals surface area contributed by atoms with Crippen molar-refractivity contribution in [1.82, 2.24) is 4.98 Å². The van der Waals surface area contributed by atoms with Gasteiger partial charge in [0.2, 0.25) is 0 Å². The van der Waals surface area contributed by atoms with Gasteiger partial charge in [-0.05, 0) is 28.1 Å². The number of halogens is 1. The Bertz CT molecular complexity index is 269. The zero-order valence-electron chi connectivity index (χ0n) is 7.56. The van der Waals surface area contributed by atoms with Crippen molar-refractivity contribution < 1.29 is 0 Å². The lowest BCUT2D eigenvalue weighted by Gasteiger charge is -2.18. The lowest BCUT2D eigenvalue weighted by Crippen LogP contribution is -2.13. The van der Waals surface area contributed by atoms with Crippen LogP contribution in [0.3, 0.4) is 0 Å². The van der Waals surface area contributed by atoms with Crippen molar-refractivity contribution in [3.63, 3.8) is 0 Å². The molecule has 0 atom stereocenters. The predicted octanol–water partition coefficient (Wildman–Crippen LogP) is 2.72. The molecule has 66 valence electrons. The SMILES string of the molecule is CC(C)(C)c1cc(N)cc(Br)n1. The minimum Gasteiger partial charge on any atom is -0.399 e. The average Bonchev–Trinajstić information content (AvgIpc) is 1.82. The van der Waals surface area contributed by atoms with E-state index in [1.54, 1.807) is 6.07 Å². The van der Waals surface area contributed by atoms with Crippen molar-refractivity contribution in [3.05, 3.63) is 22.4 Å². The van der Waals surface area contributed by atoms with E-state index in [-0.39, 0.29) is 5.41 Å². The highest BCUT2D eigenvalue weighted by atomic mass is 79.9. The molecule has 0 unspecified atom stereocenters. The highest BCUT2D eigenvalue weighted by Crippen LogP contribution is 2.24. The molecule has 0 bridgehead atoms. The summed E-state index contributed by atoms with van der Waals surface area (Å²) in [5.74, 6) is 0. The Balaban J connectivity index is 3.18. The average molecular weight is 229 g/mol. The molecule has 0 amide bonds. The zero-order chi connectivity index (χ0) is 9.35. The summed E-state index contributed by atoms with van der Waals surface area (Å²) in [5, 5.41) is 0. The van der Waals surface area contributed by atoms with E-state index in [0.717, 1.165) is 16.0 Å². The van der Waals surface area contributed by atoms with E-state index in [2.05, 4.69) is 41.7 Å². The van der Waals surface area contributed by atoms with Crippen LogP contribution in [0.25, 0.3) is 0 Å². The second-order valence-corrected chi connectivity index (χ2v) is 4.67. The molecule has 0 aliphatic heterocycles. The van der Waals surface area contributed by atoms with Crippen LogP contribution in [-0.2, 0) is 5.41 Å². The van der Waals surface area contributed by atoms with Gasteiger partial charge in [-0.15, -0.1) is 0 Å². The molecular formula is C9H13BrN2. The molecule has 1 rings (SSSR count). The molecule has 2 N–H and O–H groups in total. The molecule has 1 aromatic heterocycles. The first kappa shape index (κ1) is 9.52. The van der Waals surface area contributed by atoms with Crippen molar-refractivity contribution in [3.8, 4) is 0 Å². The van der Waals surface area contributed by atoms with Crippen molar-refractivity contribution in [2.75, 3.05) is 5.73 Å². The lowest BCUT2D eigenvalue weighted by atomic mass is 9.91. The number of nitrogen functional groups attached to an aromatic ring is 1. The van der Waals surface area contributed by atoms with Crippen molar-refractivity contribution in [2.24, 2.45) is 0 Å². The number of hydrogen-bond donors (Lipinski definition) is 1. The van der Waals surface area contributed by atoms with Gasteiger partial charge >= 0.3 is 0 Å². The van der Waals surface area contributed by atoms with Gasteiger partial charge in [0.05, 0.1) is 0 Å². The molecule has 0 fully saturated rings. The Hall–Kier alpha value is -0.570. The molecule has 0 aromatic carbocycles. The number of nitrogens with zero attached hydrogens (tertiary/aromatic N) is 1. The van der Waals surface area contributed by atoms with E-state index >= 15 is 0 Å². The van der Waals surface area contributed by atoms with E-state index in [1.165, 1.54) is 0 Å². The van der Waals surface area contributed by atoms with Crippen molar-refractivity contribution >= 4 is 21.6 Å². The quantitative estimate of drug-likeness (QED) is 0.694. The fourth-order valence-corrected chi connectivity index (χ4v) is 1.36. The monoisotopic (exact) mass is 228 g/mol. The Morgan fingerprint density at radius 1 is 1.33 bits per heavy atom.